The molecule has 8 heteroatoms. The van der Waals surface area contributed by atoms with Gasteiger partial charge in [0.05, 0.1) is 0 Å². The summed E-state index contributed by atoms with van der Waals surface area (Å²) in [4.78, 5) is 19.6. The van der Waals surface area contributed by atoms with Crippen LogP contribution in [0.4, 0.5) is 5.13 Å². The van der Waals surface area contributed by atoms with Crippen LogP contribution in [-0.4, -0.2) is 37.9 Å². The third-order valence-corrected chi connectivity index (χ3v) is 5.27. The van der Waals surface area contributed by atoms with E-state index in [0.717, 1.165) is 43.2 Å². The van der Waals surface area contributed by atoms with Crippen LogP contribution < -0.4 is 10.5 Å². The Kier molecular flexibility index (Phi) is 3.60. The molecule has 1 fully saturated rings. The van der Waals surface area contributed by atoms with E-state index < -0.39 is 0 Å². The number of nitrogens with zero attached hydrogens (tertiary/aromatic N) is 5. The molecule has 1 N–H and O–H groups in total. The molecule has 0 bridgehead atoms. The Morgan fingerprint density at radius 1 is 1.48 bits per heavy atom. The summed E-state index contributed by atoms with van der Waals surface area (Å²) in [7, 11) is 0. The van der Waals surface area contributed by atoms with Crippen molar-refractivity contribution in [1.82, 2.24) is 24.8 Å². The molecule has 0 spiro atoms. The summed E-state index contributed by atoms with van der Waals surface area (Å²) in [5.74, 6) is 0.425. The normalized spacial score (nSPS) is 18.7. The molecule has 0 radical (unpaired) electrons. The Labute approximate surface area is 137 Å². The molecule has 0 amide bonds. The van der Waals surface area contributed by atoms with Gasteiger partial charge in [-0.1, -0.05) is 18.3 Å². The van der Waals surface area contributed by atoms with Crippen molar-refractivity contribution in [3.05, 3.63) is 40.1 Å². The van der Waals surface area contributed by atoms with E-state index in [0.29, 0.717) is 10.9 Å². The third-order valence-electron chi connectivity index (χ3n) is 4.30. The van der Waals surface area contributed by atoms with Gasteiger partial charge in [-0.25, -0.2) is 4.98 Å². The molecule has 4 rings (SSSR count). The smallest absolute Gasteiger partial charge is 0.275 e. The van der Waals surface area contributed by atoms with E-state index in [1.807, 2.05) is 13.0 Å². The molecule has 1 atom stereocenters. The first kappa shape index (κ1) is 14.4. The van der Waals surface area contributed by atoms with Gasteiger partial charge in [-0.2, -0.15) is 9.61 Å². The van der Waals surface area contributed by atoms with E-state index in [-0.39, 0.29) is 5.56 Å². The van der Waals surface area contributed by atoms with Crippen molar-refractivity contribution >= 4 is 21.4 Å². The highest BCUT2D eigenvalue weighted by Crippen LogP contribution is 2.30. The summed E-state index contributed by atoms with van der Waals surface area (Å²) in [5, 5.41) is 12.5. The van der Waals surface area contributed by atoms with Crippen molar-refractivity contribution in [2.75, 3.05) is 18.0 Å². The summed E-state index contributed by atoms with van der Waals surface area (Å²) in [6, 6.07) is 3.60. The quantitative estimate of drug-likeness (QED) is 0.792. The Morgan fingerprint density at radius 3 is 3.17 bits per heavy atom. The van der Waals surface area contributed by atoms with Crippen molar-refractivity contribution < 1.29 is 0 Å². The van der Waals surface area contributed by atoms with Gasteiger partial charge in [0.15, 0.2) is 0 Å². The molecule has 0 aliphatic carbocycles. The van der Waals surface area contributed by atoms with E-state index in [1.165, 1.54) is 21.5 Å². The summed E-state index contributed by atoms with van der Waals surface area (Å²) >= 11 is 1.49. The predicted molar refractivity (Wildman–Crippen MR) is 89.3 cm³/mol. The van der Waals surface area contributed by atoms with Gasteiger partial charge < -0.3 is 4.90 Å². The maximum Gasteiger partial charge on any atom is 0.275 e. The molecule has 1 saturated heterocycles. The second-order valence-electron chi connectivity index (χ2n) is 5.82. The lowest BCUT2D eigenvalue weighted by atomic mass is 9.95. The third kappa shape index (κ3) is 2.63. The Hall–Kier alpha value is -2.22. The molecule has 4 heterocycles. The van der Waals surface area contributed by atoms with Crippen molar-refractivity contribution in [3.63, 3.8) is 0 Å². The number of rotatable bonds is 3. The Balaban J connectivity index is 1.66. The predicted octanol–water partition coefficient (Wildman–Crippen LogP) is 1.82. The number of aryl methyl sites for hydroxylation is 1. The molecule has 23 heavy (non-hydrogen) atoms. The number of nitrogens with one attached hydrogen (secondary N) is 1. The van der Waals surface area contributed by atoms with Crippen LogP contribution in [0.2, 0.25) is 0 Å². The molecule has 3 aromatic heterocycles. The molecule has 1 aliphatic heterocycles. The van der Waals surface area contributed by atoms with Crippen LogP contribution >= 0.6 is 11.3 Å². The Morgan fingerprint density at radius 2 is 2.39 bits per heavy atom. The van der Waals surface area contributed by atoms with E-state index in [9.17, 15) is 4.79 Å². The summed E-state index contributed by atoms with van der Waals surface area (Å²) in [6.45, 7) is 3.84. The molecule has 1 unspecified atom stereocenters. The number of fused-ring (bicyclic) bond motifs is 1. The number of piperidine rings is 1. The average molecular weight is 330 g/mol. The molecule has 1 aliphatic rings. The van der Waals surface area contributed by atoms with Gasteiger partial charge in [-0.3, -0.25) is 9.89 Å². The second kappa shape index (κ2) is 5.77. The first-order valence-electron chi connectivity index (χ1n) is 7.88. The number of aromatic amines is 1. The minimum Gasteiger partial charge on any atom is -0.346 e. The van der Waals surface area contributed by atoms with E-state index in [2.05, 4.69) is 25.2 Å². The first-order chi connectivity index (χ1) is 11.2. The van der Waals surface area contributed by atoms with Crippen LogP contribution in [-0.2, 0) is 6.42 Å². The number of aromatic nitrogens is 5. The lowest BCUT2D eigenvalue weighted by molar-refractivity contribution is 0.499. The molecular weight excluding hydrogens is 312 g/mol. The summed E-state index contributed by atoms with van der Waals surface area (Å²) in [5.41, 5.74) is 1.88. The molecule has 120 valence electrons. The maximum atomic E-state index is 12.1. The van der Waals surface area contributed by atoms with Crippen LogP contribution in [0.1, 0.15) is 37.1 Å². The largest absolute Gasteiger partial charge is 0.346 e. The number of hydrogen-bond donors (Lipinski definition) is 1. The minimum atomic E-state index is -0.100. The topological polar surface area (TPSA) is 79.2 Å². The van der Waals surface area contributed by atoms with Crippen LogP contribution in [0.15, 0.2) is 23.1 Å². The molecular formula is C15H18N6OS. The zero-order chi connectivity index (χ0) is 15.8. The van der Waals surface area contributed by atoms with Gasteiger partial charge in [-0.05, 0) is 25.3 Å². The van der Waals surface area contributed by atoms with E-state index in [4.69, 9.17) is 0 Å². The number of anilines is 1. The van der Waals surface area contributed by atoms with Gasteiger partial charge >= 0.3 is 0 Å². The van der Waals surface area contributed by atoms with Gasteiger partial charge in [0.25, 0.3) is 5.56 Å². The maximum absolute atomic E-state index is 12.1. The lowest BCUT2D eigenvalue weighted by Gasteiger charge is -2.31. The number of H-pyrrole nitrogens is 1. The number of hydrogen-bond acceptors (Lipinski definition) is 6. The first-order valence-corrected chi connectivity index (χ1v) is 8.70. The molecule has 3 aromatic rings. The van der Waals surface area contributed by atoms with Gasteiger partial charge in [0.1, 0.15) is 0 Å². The average Bonchev–Trinajstić information content (AvgIpc) is 3.24. The van der Waals surface area contributed by atoms with Crippen LogP contribution in [0.3, 0.4) is 0 Å². The van der Waals surface area contributed by atoms with E-state index in [1.54, 1.807) is 12.3 Å². The standard InChI is InChI=1S/C15H18N6OS/c1-2-11-8-13(22)21-14(17-11)23-15(19-21)20-7-3-4-10(9-20)12-5-6-16-18-12/h5-6,8,10H,2-4,7,9H2,1H3,(H,16,18). The van der Waals surface area contributed by atoms with Crippen molar-refractivity contribution in [2.24, 2.45) is 0 Å². The van der Waals surface area contributed by atoms with Crippen LogP contribution in [0.5, 0.6) is 0 Å². The van der Waals surface area contributed by atoms with Gasteiger partial charge in [-0.15, -0.1) is 5.10 Å². The fourth-order valence-electron chi connectivity index (χ4n) is 3.05. The van der Waals surface area contributed by atoms with Gasteiger partial charge in [0.2, 0.25) is 10.1 Å². The highest BCUT2D eigenvalue weighted by Gasteiger charge is 2.25. The SMILES string of the molecule is CCc1cc(=O)n2nc(N3CCCC(c4ccn[nH]4)C3)sc2n1. The van der Waals surface area contributed by atoms with Crippen molar-refractivity contribution in [1.29, 1.82) is 0 Å². The van der Waals surface area contributed by atoms with Gasteiger partial charge in [0, 0.05) is 42.7 Å². The zero-order valence-electron chi connectivity index (χ0n) is 12.9. The zero-order valence-corrected chi connectivity index (χ0v) is 13.7. The highest BCUT2D eigenvalue weighted by molar-refractivity contribution is 7.20. The molecule has 0 aromatic carbocycles. The summed E-state index contributed by atoms with van der Waals surface area (Å²) in [6.07, 6.45) is 4.79. The fourth-order valence-corrected chi connectivity index (χ4v) is 4.01. The highest BCUT2D eigenvalue weighted by atomic mass is 32.1. The fraction of sp³-hybridized carbons (Fsp3) is 0.467. The van der Waals surface area contributed by atoms with E-state index >= 15 is 0 Å². The molecule has 0 saturated carbocycles. The minimum absolute atomic E-state index is 0.100. The van der Waals surface area contributed by atoms with Crippen molar-refractivity contribution in [3.8, 4) is 0 Å². The molecule has 7 nitrogen and oxygen atoms in total. The second-order valence-corrected chi connectivity index (χ2v) is 6.75. The monoisotopic (exact) mass is 330 g/mol. The van der Waals surface area contributed by atoms with Crippen molar-refractivity contribution in [2.45, 2.75) is 32.1 Å². The lowest BCUT2D eigenvalue weighted by Crippen LogP contribution is -2.34. The summed E-state index contributed by atoms with van der Waals surface area (Å²) < 4.78 is 1.42. The Bertz CT molecular complexity index is 868. The van der Waals surface area contributed by atoms with Crippen LogP contribution in [0, 0.1) is 0 Å². The van der Waals surface area contributed by atoms with Crippen LogP contribution in [0.25, 0.3) is 4.96 Å².